The highest BCUT2D eigenvalue weighted by Gasteiger charge is 2.30. The van der Waals surface area contributed by atoms with Gasteiger partial charge in [0.15, 0.2) is 0 Å². The maximum atomic E-state index is 13.9. The second-order valence-electron chi connectivity index (χ2n) is 9.13. The van der Waals surface area contributed by atoms with Crippen LogP contribution in [0.4, 0.5) is 5.69 Å². The zero-order chi connectivity index (χ0) is 28.7. The first kappa shape index (κ1) is 29.5. The van der Waals surface area contributed by atoms with Gasteiger partial charge >= 0.3 is 11.9 Å². The fourth-order valence-corrected chi connectivity index (χ4v) is 6.23. The summed E-state index contributed by atoms with van der Waals surface area (Å²) in [4.78, 5) is 37.6. The van der Waals surface area contributed by atoms with E-state index in [1.54, 1.807) is 26.0 Å². The van der Waals surface area contributed by atoms with Gasteiger partial charge in [-0.2, -0.15) is 4.31 Å². The Labute approximate surface area is 228 Å². The van der Waals surface area contributed by atoms with E-state index in [1.807, 2.05) is 37.3 Å². The van der Waals surface area contributed by atoms with Gasteiger partial charge in [0.25, 0.3) is 0 Å². The molecule has 3 aromatic rings. The molecule has 39 heavy (non-hydrogen) atoms. The summed E-state index contributed by atoms with van der Waals surface area (Å²) >= 11 is 0. The van der Waals surface area contributed by atoms with E-state index in [-0.39, 0.29) is 28.3 Å². The Hall–Kier alpha value is -4.02. The van der Waals surface area contributed by atoms with Crippen molar-refractivity contribution in [2.24, 2.45) is 0 Å². The minimum absolute atomic E-state index is 0.0233. The Morgan fingerprint density at radius 3 is 1.87 bits per heavy atom. The highest BCUT2D eigenvalue weighted by molar-refractivity contribution is 7.89. The average molecular weight is 553 g/mol. The van der Waals surface area contributed by atoms with Crippen LogP contribution >= 0.6 is 0 Å². The van der Waals surface area contributed by atoms with Crippen molar-refractivity contribution >= 4 is 33.6 Å². The Kier molecular flexibility index (Phi) is 9.61. The number of methoxy groups -OCH3 is 2. The number of aryl methyl sites for hydroxylation is 3. The Balaban J connectivity index is 1.95. The van der Waals surface area contributed by atoms with Crippen LogP contribution in [0.15, 0.2) is 65.6 Å². The van der Waals surface area contributed by atoms with Crippen LogP contribution in [0.5, 0.6) is 0 Å². The van der Waals surface area contributed by atoms with Crippen LogP contribution < -0.4 is 5.32 Å². The number of esters is 2. The van der Waals surface area contributed by atoms with Crippen molar-refractivity contribution < 1.29 is 32.3 Å². The van der Waals surface area contributed by atoms with E-state index < -0.39 is 34.4 Å². The number of benzene rings is 3. The molecule has 3 rings (SSSR count). The highest BCUT2D eigenvalue weighted by atomic mass is 32.2. The summed E-state index contributed by atoms with van der Waals surface area (Å²) in [6, 6.07) is 16.9. The Bertz CT molecular complexity index is 1430. The predicted octanol–water partition coefficient (Wildman–Crippen LogP) is 4.06. The molecule has 0 saturated heterocycles. The number of ether oxygens (including phenoxy) is 2. The number of amides is 1. The lowest BCUT2D eigenvalue weighted by Crippen LogP contribution is -2.40. The maximum Gasteiger partial charge on any atom is 0.337 e. The molecule has 10 heteroatoms. The molecular weight excluding hydrogens is 520 g/mol. The number of rotatable bonds is 10. The van der Waals surface area contributed by atoms with Gasteiger partial charge in [0.05, 0.1) is 36.8 Å². The molecule has 0 radical (unpaired) electrons. The summed E-state index contributed by atoms with van der Waals surface area (Å²) in [5.74, 6) is -2.07. The number of anilines is 1. The van der Waals surface area contributed by atoms with Gasteiger partial charge < -0.3 is 14.8 Å². The largest absolute Gasteiger partial charge is 0.465 e. The molecular formula is C29H32N2O7S. The lowest BCUT2D eigenvalue weighted by Gasteiger charge is -2.24. The molecule has 0 fully saturated rings. The van der Waals surface area contributed by atoms with Crippen molar-refractivity contribution in [2.45, 2.75) is 32.1 Å². The van der Waals surface area contributed by atoms with Crippen LogP contribution in [0.3, 0.4) is 0 Å². The average Bonchev–Trinajstić information content (AvgIpc) is 2.89. The van der Waals surface area contributed by atoms with Gasteiger partial charge in [-0.25, -0.2) is 18.0 Å². The number of sulfonamides is 1. The summed E-state index contributed by atoms with van der Waals surface area (Å²) in [6.07, 6.45) is 0.390. The molecule has 0 spiro atoms. The van der Waals surface area contributed by atoms with E-state index in [9.17, 15) is 22.8 Å². The highest BCUT2D eigenvalue weighted by Crippen LogP contribution is 2.26. The zero-order valence-corrected chi connectivity index (χ0v) is 23.4. The van der Waals surface area contributed by atoms with E-state index in [2.05, 4.69) is 5.32 Å². The molecule has 0 bridgehead atoms. The van der Waals surface area contributed by atoms with Crippen LogP contribution in [0.25, 0.3) is 0 Å². The van der Waals surface area contributed by atoms with Crippen LogP contribution in [0, 0.1) is 20.8 Å². The van der Waals surface area contributed by atoms with Gasteiger partial charge in [0.2, 0.25) is 15.9 Å². The van der Waals surface area contributed by atoms with Crippen molar-refractivity contribution in [1.29, 1.82) is 0 Å². The molecule has 206 valence electrons. The summed E-state index contributed by atoms with van der Waals surface area (Å²) < 4.78 is 38.4. The van der Waals surface area contributed by atoms with Gasteiger partial charge in [-0.15, -0.1) is 0 Å². The quantitative estimate of drug-likeness (QED) is 0.377. The van der Waals surface area contributed by atoms with Crippen molar-refractivity contribution in [2.75, 3.05) is 32.6 Å². The van der Waals surface area contributed by atoms with Crippen molar-refractivity contribution in [1.82, 2.24) is 4.31 Å². The van der Waals surface area contributed by atoms with Gasteiger partial charge in [0, 0.05) is 12.2 Å². The smallest absolute Gasteiger partial charge is 0.337 e. The first-order valence-corrected chi connectivity index (χ1v) is 13.6. The Morgan fingerprint density at radius 2 is 1.36 bits per heavy atom. The SMILES string of the molecule is COC(=O)c1cc(NC(=O)CN(CCc2ccccc2)S(=O)(=O)c2c(C)cc(C)cc2C)cc(C(=O)OC)c1. The summed E-state index contributed by atoms with van der Waals surface area (Å²) in [6.45, 7) is 4.92. The van der Waals surface area contributed by atoms with E-state index in [0.29, 0.717) is 17.5 Å². The summed E-state index contributed by atoms with van der Waals surface area (Å²) in [5.41, 5.74) is 3.20. The second-order valence-corrected chi connectivity index (χ2v) is 11.0. The molecule has 0 atom stereocenters. The fourth-order valence-electron chi connectivity index (χ4n) is 4.42. The number of nitrogens with zero attached hydrogens (tertiary/aromatic N) is 1. The minimum Gasteiger partial charge on any atom is -0.465 e. The van der Waals surface area contributed by atoms with E-state index in [4.69, 9.17) is 9.47 Å². The number of carbonyl (C=O) groups excluding carboxylic acids is 3. The van der Waals surface area contributed by atoms with Crippen molar-refractivity contribution in [3.8, 4) is 0 Å². The normalized spacial score (nSPS) is 11.2. The molecule has 1 N–H and O–H groups in total. The van der Waals surface area contributed by atoms with Crippen molar-refractivity contribution in [3.63, 3.8) is 0 Å². The number of hydrogen-bond donors (Lipinski definition) is 1. The van der Waals surface area contributed by atoms with E-state index in [1.165, 1.54) is 32.4 Å². The van der Waals surface area contributed by atoms with E-state index in [0.717, 1.165) is 15.4 Å². The lowest BCUT2D eigenvalue weighted by molar-refractivity contribution is -0.116. The second kappa shape index (κ2) is 12.7. The summed E-state index contributed by atoms with van der Waals surface area (Å²) in [5, 5.41) is 2.61. The standard InChI is InChI=1S/C29H32N2O7S/c1-19-13-20(2)27(21(3)14-19)39(35,36)31(12-11-22-9-7-6-8-10-22)18-26(32)30-25-16-23(28(33)37-4)15-24(17-25)29(34)38-5/h6-10,13-17H,11-12,18H2,1-5H3,(H,30,32). The Morgan fingerprint density at radius 1 is 0.821 bits per heavy atom. The molecule has 9 nitrogen and oxygen atoms in total. The molecule has 1 amide bonds. The molecule has 0 aromatic heterocycles. The molecule has 3 aromatic carbocycles. The molecule has 0 unspecified atom stereocenters. The van der Waals surface area contributed by atoms with Crippen molar-refractivity contribution in [3.05, 3.63) is 94.0 Å². The van der Waals surface area contributed by atoms with Crippen LogP contribution in [0.1, 0.15) is 43.0 Å². The number of carbonyl (C=O) groups is 3. The monoisotopic (exact) mass is 552 g/mol. The van der Waals surface area contributed by atoms with Gasteiger partial charge in [-0.3, -0.25) is 4.79 Å². The van der Waals surface area contributed by atoms with Crippen LogP contribution in [-0.2, 0) is 30.7 Å². The minimum atomic E-state index is -4.06. The van der Waals surface area contributed by atoms with E-state index >= 15 is 0 Å². The molecule has 0 heterocycles. The summed E-state index contributed by atoms with van der Waals surface area (Å²) in [7, 11) is -1.68. The molecule has 0 saturated carbocycles. The van der Waals surface area contributed by atoms with Gasteiger partial charge in [-0.1, -0.05) is 48.0 Å². The molecule has 0 aliphatic heterocycles. The van der Waals surface area contributed by atoms with Gasteiger partial charge in [-0.05, 0) is 62.1 Å². The zero-order valence-electron chi connectivity index (χ0n) is 22.6. The maximum absolute atomic E-state index is 13.9. The topological polar surface area (TPSA) is 119 Å². The third-order valence-corrected chi connectivity index (χ3v) is 8.23. The number of hydrogen-bond acceptors (Lipinski definition) is 7. The van der Waals surface area contributed by atoms with Crippen LogP contribution in [-0.4, -0.2) is 57.9 Å². The predicted molar refractivity (Wildman–Crippen MR) is 147 cm³/mol. The lowest BCUT2D eigenvalue weighted by atomic mass is 10.1. The van der Waals surface area contributed by atoms with Crippen LogP contribution in [0.2, 0.25) is 0 Å². The fraction of sp³-hybridized carbons (Fsp3) is 0.276. The molecule has 0 aliphatic carbocycles. The first-order chi connectivity index (χ1) is 18.5. The first-order valence-electron chi connectivity index (χ1n) is 12.2. The van der Waals surface area contributed by atoms with Gasteiger partial charge in [0.1, 0.15) is 0 Å². The third kappa shape index (κ3) is 7.30. The third-order valence-electron chi connectivity index (χ3n) is 6.07. The number of nitrogens with one attached hydrogen (secondary N) is 1. The molecule has 0 aliphatic rings.